The lowest BCUT2D eigenvalue weighted by Gasteiger charge is -2.21. The van der Waals surface area contributed by atoms with Crippen molar-refractivity contribution in [3.05, 3.63) is 99.7 Å². The monoisotopic (exact) mass is 634 g/mol. The second-order valence-electron chi connectivity index (χ2n) is 10.6. The fourth-order valence-electron chi connectivity index (χ4n) is 5.33. The van der Waals surface area contributed by atoms with Gasteiger partial charge in [0.2, 0.25) is 5.95 Å². The molecule has 0 fully saturated rings. The third kappa shape index (κ3) is 6.11. The van der Waals surface area contributed by atoms with Gasteiger partial charge < -0.3 is 20.5 Å². The molecule has 5 aromatic rings. The number of hydrogen-bond acceptors (Lipinski definition) is 11. The first-order chi connectivity index (χ1) is 22.4. The van der Waals surface area contributed by atoms with E-state index >= 15 is 0 Å². The largest absolute Gasteiger partial charge is 0.484 e. The van der Waals surface area contributed by atoms with Crippen molar-refractivity contribution < 1.29 is 9.47 Å². The fraction of sp³-hybridized carbons (Fsp3) is 0.235. The minimum atomic E-state index is -0.489. The average Bonchev–Trinajstić information content (AvgIpc) is 3.42. The van der Waals surface area contributed by atoms with Gasteiger partial charge in [0.1, 0.15) is 11.6 Å². The van der Waals surface area contributed by atoms with Gasteiger partial charge in [-0.05, 0) is 44.0 Å². The summed E-state index contributed by atoms with van der Waals surface area (Å²) >= 11 is 1.39. The van der Waals surface area contributed by atoms with Crippen LogP contribution in [0, 0.1) is 0 Å². The molecule has 234 valence electrons. The maximum absolute atomic E-state index is 14.7. The molecule has 1 unspecified atom stereocenters. The second-order valence-corrected chi connectivity index (χ2v) is 11.4. The smallest absolute Gasteiger partial charge is 0.273 e. The van der Waals surface area contributed by atoms with E-state index in [9.17, 15) is 4.79 Å². The fourth-order valence-corrected chi connectivity index (χ4v) is 6.06. The molecule has 0 saturated heterocycles. The third-order valence-corrected chi connectivity index (χ3v) is 8.35. The highest BCUT2D eigenvalue weighted by Gasteiger charge is 2.23. The Bertz CT molecular complexity index is 2050. The highest BCUT2D eigenvalue weighted by molar-refractivity contribution is 7.11. The van der Waals surface area contributed by atoms with Crippen LogP contribution in [-0.4, -0.2) is 44.1 Å². The number of hydrogen-bond donors (Lipinski definition) is 2. The third-order valence-electron chi connectivity index (χ3n) is 7.60. The predicted octanol–water partition coefficient (Wildman–Crippen LogP) is 6.58. The van der Waals surface area contributed by atoms with E-state index in [1.807, 2.05) is 67.8 Å². The van der Waals surface area contributed by atoms with Crippen molar-refractivity contribution >= 4 is 45.5 Å². The number of allylic oxidation sites excluding steroid dienone is 2. The first-order valence-corrected chi connectivity index (χ1v) is 15.9. The maximum Gasteiger partial charge on any atom is 0.273 e. The van der Waals surface area contributed by atoms with E-state index in [1.54, 1.807) is 24.1 Å². The minimum absolute atomic E-state index is 0.103. The summed E-state index contributed by atoms with van der Waals surface area (Å²) in [6.07, 6.45) is 6.92. The van der Waals surface area contributed by atoms with Gasteiger partial charge in [0, 0.05) is 29.8 Å². The summed E-state index contributed by atoms with van der Waals surface area (Å²) in [5.41, 5.74) is 11.1. The molecule has 0 saturated carbocycles. The molecule has 11 nitrogen and oxygen atoms in total. The Kier molecular flexibility index (Phi) is 8.88. The van der Waals surface area contributed by atoms with Gasteiger partial charge in [0.25, 0.3) is 10.8 Å². The van der Waals surface area contributed by atoms with Crippen molar-refractivity contribution in [3.8, 4) is 22.1 Å². The number of ether oxygens (including phenoxy) is 2. The Morgan fingerprint density at radius 2 is 1.89 bits per heavy atom. The van der Waals surface area contributed by atoms with E-state index < -0.39 is 6.04 Å². The molecule has 1 atom stereocenters. The lowest BCUT2D eigenvalue weighted by Crippen LogP contribution is -2.28. The van der Waals surface area contributed by atoms with E-state index in [0.717, 1.165) is 23.1 Å². The highest BCUT2D eigenvalue weighted by Crippen LogP contribution is 2.33. The second kappa shape index (κ2) is 13.3. The van der Waals surface area contributed by atoms with Crippen LogP contribution >= 0.6 is 11.3 Å². The van der Waals surface area contributed by atoms with Crippen molar-refractivity contribution in [2.24, 2.45) is 4.99 Å². The molecule has 0 spiro atoms. The van der Waals surface area contributed by atoms with Gasteiger partial charge in [0.15, 0.2) is 5.90 Å². The van der Waals surface area contributed by atoms with Gasteiger partial charge in [-0.1, -0.05) is 60.2 Å². The molecule has 2 aromatic carbocycles. The number of nitrogen functional groups attached to an aromatic ring is 1. The summed E-state index contributed by atoms with van der Waals surface area (Å²) in [5.74, 6) is 1.69. The summed E-state index contributed by atoms with van der Waals surface area (Å²) in [5, 5.41) is 6.36. The molecule has 1 aliphatic rings. The molecule has 0 bridgehead atoms. The lowest BCUT2D eigenvalue weighted by molar-refractivity contribution is 0.338. The summed E-state index contributed by atoms with van der Waals surface area (Å²) in [7, 11) is 1.62. The van der Waals surface area contributed by atoms with Gasteiger partial charge >= 0.3 is 0 Å². The normalized spacial score (nSPS) is 13.8. The zero-order valence-corrected chi connectivity index (χ0v) is 26.8. The molecule has 0 amide bonds. The summed E-state index contributed by atoms with van der Waals surface area (Å²) in [6, 6.07) is 14.7. The number of fused-ring (bicyclic) bond motifs is 1. The number of benzene rings is 2. The number of aliphatic imine (C=N–C) groups is 1. The quantitative estimate of drug-likeness (QED) is 0.184. The molecule has 3 N–H and O–H groups in total. The lowest BCUT2D eigenvalue weighted by atomic mass is 9.98. The van der Waals surface area contributed by atoms with Crippen LogP contribution in [0.2, 0.25) is 0 Å². The van der Waals surface area contributed by atoms with Gasteiger partial charge in [-0.2, -0.15) is 4.98 Å². The molecule has 1 aliphatic heterocycles. The highest BCUT2D eigenvalue weighted by atomic mass is 32.1. The van der Waals surface area contributed by atoms with Crippen molar-refractivity contribution in [1.82, 2.24) is 24.5 Å². The van der Waals surface area contributed by atoms with Crippen molar-refractivity contribution in [2.45, 2.75) is 39.7 Å². The summed E-state index contributed by atoms with van der Waals surface area (Å²) < 4.78 is 12.7. The van der Waals surface area contributed by atoms with Crippen LogP contribution in [0.15, 0.2) is 87.7 Å². The molecule has 6 rings (SSSR count). The van der Waals surface area contributed by atoms with Crippen LogP contribution in [0.4, 0.5) is 11.8 Å². The van der Waals surface area contributed by atoms with E-state index in [1.165, 1.54) is 11.3 Å². The van der Waals surface area contributed by atoms with Gasteiger partial charge in [-0.3, -0.25) is 9.36 Å². The van der Waals surface area contributed by atoms with E-state index in [2.05, 4.69) is 38.3 Å². The van der Waals surface area contributed by atoms with Crippen LogP contribution in [0.25, 0.3) is 33.4 Å². The van der Waals surface area contributed by atoms with E-state index in [0.29, 0.717) is 63.6 Å². The molecular weight excluding hydrogens is 600 g/mol. The van der Waals surface area contributed by atoms with Crippen LogP contribution < -0.4 is 21.3 Å². The maximum atomic E-state index is 14.7. The predicted molar refractivity (Wildman–Crippen MR) is 184 cm³/mol. The number of rotatable bonds is 9. The Morgan fingerprint density at radius 3 is 2.65 bits per heavy atom. The van der Waals surface area contributed by atoms with Crippen LogP contribution in [0.5, 0.6) is 5.19 Å². The zero-order chi connectivity index (χ0) is 32.2. The zero-order valence-electron chi connectivity index (χ0n) is 26.0. The van der Waals surface area contributed by atoms with Crippen molar-refractivity contribution in [1.29, 1.82) is 0 Å². The number of nitrogens with one attached hydrogen (secondary N) is 1. The Morgan fingerprint density at radius 1 is 1.07 bits per heavy atom. The molecule has 46 heavy (non-hydrogen) atoms. The summed E-state index contributed by atoms with van der Waals surface area (Å²) in [4.78, 5) is 37.6. The number of thiazole rings is 1. The van der Waals surface area contributed by atoms with E-state index in [-0.39, 0.29) is 11.5 Å². The van der Waals surface area contributed by atoms with Crippen molar-refractivity contribution in [2.75, 3.05) is 24.8 Å². The number of para-hydroxylation sites is 1. The standard InChI is InChI=1S/C34H34N8O3S/c1-5-21-15-22(17-36-28(16-21)44-4)24-13-10-14-26-29(24)32(43)42(23-11-8-7-9-12-23)31(39-26)20(3)38-30-25(18-37-33(35)41-30)27-19-46-34(40-27)45-6-2/h7-15,17-20H,5-6,16H2,1-4H3,(H3,35,37,38,41). The van der Waals surface area contributed by atoms with Crippen LogP contribution in [0.1, 0.15) is 51.0 Å². The Hall–Kier alpha value is -5.36. The molecule has 12 heteroatoms. The molecule has 0 aliphatic carbocycles. The van der Waals surface area contributed by atoms with Gasteiger partial charge in [-0.25, -0.2) is 19.9 Å². The number of methoxy groups -OCH3 is 1. The van der Waals surface area contributed by atoms with Crippen LogP contribution in [-0.2, 0) is 4.74 Å². The minimum Gasteiger partial charge on any atom is -0.484 e. The molecule has 0 radical (unpaired) electrons. The van der Waals surface area contributed by atoms with E-state index in [4.69, 9.17) is 20.2 Å². The van der Waals surface area contributed by atoms with Gasteiger partial charge in [-0.15, -0.1) is 0 Å². The Balaban J connectivity index is 1.51. The number of nitrogens with zero attached hydrogens (tertiary/aromatic N) is 6. The molecular formula is C34H34N8O3S. The van der Waals surface area contributed by atoms with Crippen molar-refractivity contribution in [3.63, 3.8) is 0 Å². The molecule has 4 heterocycles. The first kappa shape index (κ1) is 30.7. The summed E-state index contributed by atoms with van der Waals surface area (Å²) in [6.45, 7) is 6.44. The number of anilines is 2. The average molecular weight is 635 g/mol. The molecule has 3 aromatic heterocycles. The Labute approximate surface area is 270 Å². The van der Waals surface area contributed by atoms with Crippen LogP contribution in [0.3, 0.4) is 0 Å². The first-order valence-electron chi connectivity index (χ1n) is 15.0. The topological polar surface area (TPSA) is 142 Å². The number of aromatic nitrogens is 5. The SMILES string of the molecule is CCOc1nc(-c2cnc(N)nc2NC(C)c2nc3cccc(C4=CN=C(OC)CC(CC)=C4)c3c(=O)n2-c2ccccc2)cs1. The van der Waals surface area contributed by atoms with Gasteiger partial charge in [0.05, 0.1) is 47.6 Å². The number of nitrogens with two attached hydrogens (primary N) is 1.